The Kier molecular flexibility index (Phi) is 5.35. The van der Waals surface area contributed by atoms with Crippen LogP contribution >= 0.6 is 15.9 Å². The maximum Gasteiger partial charge on any atom is 0.251 e. The molecule has 7 heteroatoms. The number of hydrogen-bond acceptors (Lipinski definition) is 4. The molecular weight excluding hydrogens is 387 g/mol. The summed E-state index contributed by atoms with van der Waals surface area (Å²) in [5.74, 6) is -0.214. The van der Waals surface area contributed by atoms with Crippen LogP contribution in [0.3, 0.4) is 0 Å². The zero-order valence-corrected chi connectivity index (χ0v) is 14.6. The molecule has 0 bridgehead atoms. The molecule has 0 unspecified atom stereocenters. The van der Waals surface area contributed by atoms with E-state index in [1.54, 1.807) is 54.9 Å². The van der Waals surface area contributed by atoms with Crippen LogP contribution in [0.15, 0.2) is 65.4 Å². The predicted molar refractivity (Wildman–Crippen MR) is 97.0 cm³/mol. The number of halogens is 2. The van der Waals surface area contributed by atoms with Gasteiger partial charge < -0.3 is 10.6 Å². The van der Waals surface area contributed by atoms with Gasteiger partial charge in [0.1, 0.15) is 5.82 Å². The number of rotatable bonds is 5. The van der Waals surface area contributed by atoms with Crippen LogP contribution in [-0.2, 0) is 6.54 Å². The smallest absolute Gasteiger partial charge is 0.251 e. The van der Waals surface area contributed by atoms with Crippen molar-refractivity contribution in [2.75, 3.05) is 5.32 Å². The third-order valence-electron chi connectivity index (χ3n) is 3.39. The van der Waals surface area contributed by atoms with E-state index in [0.717, 1.165) is 4.47 Å². The van der Waals surface area contributed by atoms with Crippen molar-refractivity contribution in [3.05, 3.63) is 82.3 Å². The first-order valence-electron chi connectivity index (χ1n) is 7.48. The molecular formula is C18H14BrFN4O. The Labute approximate surface area is 152 Å². The summed E-state index contributed by atoms with van der Waals surface area (Å²) in [7, 11) is 0. The maximum atomic E-state index is 13.7. The Morgan fingerprint density at radius 1 is 1.08 bits per heavy atom. The average molecular weight is 401 g/mol. The number of carbonyl (C=O) groups is 1. The summed E-state index contributed by atoms with van der Waals surface area (Å²) in [6.45, 7) is 0.101. The molecule has 3 aromatic rings. The number of nitrogens with one attached hydrogen (secondary N) is 2. The molecule has 1 aromatic heterocycles. The summed E-state index contributed by atoms with van der Waals surface area (Å²) in [4.78, 5) is 20.5. The average Bonchev–Trinajstić information content (AvgIpc) is 2.63. The second-order valence-corrected chi connectivity index (χ2v) is 6.11. The van der Waals surface area contributed by atoms with E-state index in [0.29, 0.717) is 22.8 Å². The van der Waals surface area contributed by atoms with E-state index in [1.807, 2.05) is 0 Å². The fourth-order valence-corrected chi connectivity index (χ4v) is 2.60. The number of carbonyl (C=O) groups excluding carboxylic acids is 1. The normalized spacial score (nSPS) is 10.3. The molecule has 3 rings (SSSR count). The molecule has 2 N–H and O–H groups in total. The SMILES string of the molecule is O=C(NCc1cc(Br)ccc1F)c1cccc(Nc2ncccn2)c1. The van der Waals surface area contributed by atoms with Crippen LogP contribution in [0.2, 0.25) is 0 Å². The number of benzene rings is 2. The van der Waals surface area contributed by atoms with Crippen molar-refractivity contribution in [1.29, 1.82) is 0 Å². The predicted octanol–water partition coefficient (Wildman–Crippen LogP) is 4.05. The van der Waals surface area contributed by atoms with Crippen LogP contribution in [-0.4, -0.2) is 15.9 Å². The molecule has 126 valence electrons. The minimum Gasteiger partial charge on any atom is -0.348 e. The van der Waals surface area contributed by atoms with Gasteiger partial charge in [0.2, 0.25) is 5.95 Å². The molecule has 0 radical (unpaired) electrons. The molecule has 25 heavy (non-hydrogen) atoms. The van der Waals surface area contributed by atoms with Gasteiger partial charge in [0, 0.05) is 40.2 Å². The highest BCUT2D eigenvalue weighted by Gasteiger charge is 2.09. The Morgan fingerprint density at radius 3 is 2.68 bits per heavy atom. The summed E-state index contributed by atoms with van der Waals surface area (Å²) in [5.41, 5.74) is 1.55. The molecule has 5 nitrogen and oxygen atoms in total. The molecule has 0 spiro atoms. The zero-order valence-electron chi connectivity index (χ0n) is 13.0. The Morgan fingerprint density at radius 2 is 1.88 bits per heavy atom. The summed E-state index contributed by atoms with van der Waals surface area (Å²) in [6, 6.07) is 13.3. The minimum absolute atomic E-state index is 0.101. The third kappa shape index (κ3) is 4.60. The molecule has 0 atom stereocenters. The van der Waals surface area contributed by atoms with Crippen molar-refractivity contribution in [2.45, 2.75) is 6.54 Å². The topological polar surface area (TPSA) is 66.9 Å². The number of nitrogens with zero attached hydrogens (tertiary/aromatic N) is 2. The lowest BCUT2D eigenvalue weighted by molar-refractivity contribution is 0.0950. The Balaban J connectivity index is 1.68. The van der Waals surface area contributed by atoms with E-state index in [2.05, 4.69) is 36.5 Å². The summed E-state index contributed by atoms with van der Waals surface area (Å²) in [6.07, 6.45) is 3.25. The number of aromatic nitrogens is 2. The largest absolute Gasteiger partial charge is 0.348 e. The number of amides is 1. The van der Waals surface area contributed by atoms with Crippen molar-refractivity contribution in [3.63, 3.8) is 0 Å². The first-order valence-corrected chi connectivity index (χ1v) is 8.27. The first-order chi connectivity index (χ1) is 12.1. The van der Waals surface area contributed by atoms with E-state index in [-0.39, 0.29) is 18.3 Å². The highest BCUT2D eigenvalue weighted by atomic mass is 79.9. The second-order valence-electron chi connectivity index (χ2n) is 5.20. The molecule has 0 aliphatic carbocycles. The van der Waals surface area contributed by atoms with Crippen molar-refractivity contribution in [2.24, 2.45) is 0 Å². The molecule has 0 aliphatic rings. The van der Waals surface area contributed by atoms with E-state index in [4.69, 9.17) is 0 Å². The molecule has 2 aromatic carbocycles. The van der Waals surface area contributed by atoms with Gasteiger partial charge in [0.05, 0.1) is 0 Å². The van der Waals surface area contributed by atoms with Gasteiger partial charge in [-0.1, -0.05) is 22.0 Å². The molecule has 0 fully saturated rings. The highest BCUT2D eigenvalue weighted by molar-refractivity contribution is 9.10. The van der Waals surface area contributed by atoms with Gasteiger partial charge in [-0.15, -0.1) is 0 Å². The number of anilines is 2. The van der Waals surface area contributed by atoms with E-state index in [1.165, 1.54) is 6.07 Å². The molecule has 0 saturated carbocycles. The van der Waals surface area contributed by atoms with Crippen molar-refractivity contribution in [3.8, 4) is 0 Å². The zero-order chi connectivity index (χ0) is 17.6. The van der Waals surface area contributed by atoms with Gasteiger partial charge in [0.25, 0.3) is 5.91 Å². The van der Waals surface area contributed by atoms with Crippen LogP contribution in [0.25, 0.3) is 0 Å². The molecule has 1 heterocycles. The van der Waals surface area contributed by atoms with Crippen molar-refractivity contribution >= 4 is 33.5 Å². The van der Waals surface area contributed by atoms with Crippen LogP contribution < -0.4 is 10.6 Å². The van der Waals surface area contributed by atoms with Crippen LogP contribution in [0.5, 0.6) is 0 Å². The van der Waals surface area contributed by atoms with Crippen LogP contribution in [0, 0.1) is 5.82 Å². The lowest BCUT2D eigenvalue weighted by Crippen LogP contribution is -2.23. The molecule has 0 aliphatic heterocycles. The van der Waals surface area contributed by atoms with Crippen LogP contribution in [0.4, 0.5) is 16.0 Å². The van der Waals surface area contributed by atoms with Gasteiger partial charge in [0.15, 0.2) is 0 Å². The maximum absolute atomic E-state index is 13.7. The fourth-order valence-electron chi connectivity index (χ4n) is 2.19. The third-order valence-corrected chi connectivity index (χ3v) is 3.89. The highest BCUT2D eigenvalue weighted by Crippen LogP contribution is 2.17. The quantitative estimate of drug-likeness (QED) is 0.677. The van der Waals surface area contributed by atoms with Crippen LogP contribution in [0.1, 0.15) is 15.9 Å². The standard InChI is InChI=1S/C18H14BrFN4O/c19-14-5-6-16(20)13(9-14)11-23-17(25)12-3-1-4-15(10-12)24-18-21-7-2-8-22-18/h1-10H,11H2,(H,23,25)(H,21,22,24). The minimum atomic E-state index is -0.361. The van der Waals surface area contributed by atoms with Crippen molar-refractivity contribution in [1.82, 2.24) is 15.3 Å². The fraction of sp³-hybridized carbons (Fsp3) is 0.0556. The van der Waals surface area contributed by atoms with Gasteiger partial charge in [-0.25, -0.2) is 14.4 Å². The van der Waals surface area contributed by atoms with E-state index in [9.17, 15) is 9.18 Å². The molecule has 0 saturated heterocycles. The summed E-state index contributed by atoms with van der Waals surface area (Å²) >= 11 is 3.29. The monoisotopic (exact) mass is 400 g/mol. The van der Waals surface area contributed by atoms with Crippen molar-refractivity contribution < 1.29 is 9.18 Å². The van der Waals surface area contributed by atoms with Gasteiger partial charge in [-0.2, -0.15) is 0 Å². The lowest BCUT2D eigenvalue weighted by atomic mass is 10.1. The second kappa shape index (κ2) is 7.85. The van der Waals surface area contributed by atoms with Gasteiger partial charge in [-0.3, -0.25) is 4.79 Å². The van der Waals surface area contributed by atoms with Gasteiger partial charge in [-0.05, 0) is 42.5 Å². The Bertz CT molecular complexity index is 889. The number of hydrogen-bond donors (Lipinski definition) is 2. The Hall–Kier alpha value is -2.80. The molecule has 1 amide bonds. The van der Waals surface area contributed by atoms with E-state index >= 15 is 0 Å². The van der Waals surface area contributed by atoms with Gasteiger partial charge >= 0.3 is 0 Å². The van der Waals surface area contributed by atoms with E-state index < -0.39 is 0 Å². The summed E-state index contributed by atoms with van der Waals surface area (Å²) < 4.78 is 14.5. The summed E-state index contributed by atoms with van der Waals surface area (Å²) in [5, 5.41) is 5.74. The first kappa shape index (κ1) is 17.0. The lowest BCUT2D eigenvalue weighted by Gasteiger charge is -2.09.